The fourth-order valence-electron chi connectivity index (χ4n) is 1.17. The van der Waals surface area contributed by atoms with E-state index in [0.29, 0.717) is 0 Å². The smallest absolute Gasteiger partial charge is 0.339 e. The summed E-state index contributed by atoms with van der Waals surface area (Å²) in [6, 6.07) is 9.38. The van der Waals surface area contributed by atoms with Gasteiger partial charge >= 0.3 is 5.97 Å². The summed E-state index contributed by atoms with van der Waals surface area (Å²) < 4.78 is 0. The molecule has 0 unspecified atom stereocenters. The van der Waals surface area contributed by atoms with Crippen molar-refractivity contribution in [2.45, 2.75) is 0 Å². The lowest BCUT2D eigenvalue weighted by Gasteiger charge is -1.95. The third-order valence-electron chi connectivity index (χ3n) is 2.09. The quantitative estimate of drug-likeness (QED) is 0.396. The number of benzene rings is 2. The molecule has 19 heavy (non-hydrogen) atoms. The summed E-state index contributed by atoms with van der Waals surface area (Å²) in [6.07, 6.45) is 0. The molecule has 0 heterocycles. The average Bonchev–Trinajstić information content (AvgIpc) is 2.35. The van der Waals surface area contributed by atoms with Gasteiger partial charge in [-0.25, -0.2) is 4.79 Å². The number of para-hydroxylation sites is 1. The molecule has 0 atom stereocenters. The van der Waals surface area contributed by atoms with Gasteiger partial charge in [0, 0.05) is 6.07 Å². The molecule has 0 aliphatic rings. The van der Waals surface area contributed by atoms with Crippen molar-refractivity contribution in [3.8, 4) is 23.0 Å². The van der Waals surface area contributed by atoms with Crippen LogP contribution in [-0.2, 0) is 0 Å². The van der Waals surface area contributed by atoms with Gasteiger partial charge in [0.15, 0.2) is 11.5 Å². The van der Waals surface area contributed by atoms with Gasteiger partial charge in [-0.3, -0.25) is 0 Å². The number of carbonyl (C=O) groups is 1. The molecule has 0 aliphatic carbocycles. The number of rotatable bonds is 1. The minimum atomic E-state index is -1.11. The Hall–Kier alpha value is -2.89. The predicted molar refractivity (Wildman–Crippen MR) is 66.5 cm³/mol. The van der Waals surface area contributed by atoms with E-state index in [0.717, 1.165) is 6.07 Å². The van der Waals surface area contributed by atoms with E-state index in [9.17, 15) is 4.79 Å². The molecule has 6 heteroatoms. The topological polar surface area (TPSA) is 118 Å². The second-order valence-electron chi connectivity index (χ2n) is 3.50. The van der Waals surface area contributed by atoms with Crippen LogP contribution in [0, 0.1) is 0 Å². The normalized spacial score (nSPS) is 9.26. The molecule has 0 bridgehead atoms. The van der Waals surface area contributed by atoms with Gasteiger partial charge in [0.1, 0.15) is 17.1 Å². The third kappa shape index (κ3) is 4.12. The summed E-state index contributed by atoms with van der Waals surface area (Å²) in [7, 11) is 0. The number of hydrogen-bond acceptors (Lipinski definition) is 5. The monoisotopic (exact) mass is 264 g/mol. The predicted octanol–water partition coefficient (Wildman–Crippen LogP) is 1.89. The van der Waals surface area contributed by atoms with Crippen molar-refractivity contribution in [1.82, 2.24) is 0 Å². The van der Waals surface area contributed by atoms with Crippen LogP contribution in [0.3, 0.4) is 0 Å². The highest BCUT2D eigenvalue weighted by molar-refractivity contribution is 5.90. The Morgan fingerprint density at radius 3 is 1.84 bits per heavy atom. The number of phenols is 4. The maximum absolute atomic E-state index is 10.3. The van der Waals surface area contributed by atoms with Gasteiger partial charge < -0.3 is 25.5 Å². The zero-order valence-corrected chi connectivity index (χ0v) is 9.69. The second kappa shape index (κ2) is 6.15. The summed E-state index contributed by atoms with van der Waals surface area (Å²) in [4.78, 5) is 10.3. The first-order chi connectivity index (χ1) is 8.91. The SMILES string of the molecule is O=C(O)c1ccccc1O.Oc1ccc(O)c(O)c1. The number of carboxylic acids is 1. The van der Waals surface area contributed by atoms with Crippen LogP contribution in [-0.4, -0.2) is 31.5 Å². The largest absolute Gasteiger partial charge is 0.508 e. The van der Waals surface area contributed by atoms with Crippen LogP contribution in [0.5, 0.6) is 23.0 Å². The van der Waals surface area contributed by atoms with Crippen LogP contribution in [0.25, 0.3) is 0 Å². The second-order valence-corrected chi connectivity index (χ2v) is 3.50. The molecule has 0 fully saturated rings. The molecular weight excluding hydrogens is 252 g/mol. The van der Waals surface area contributed by atoms with Gasteiger partial charge in [0.25, 0.3) is 0 Å². The van der Waals surface area contributed by atoms with Gasteiger partial charge in [-0.2, -0.15) is 0 Å². The molecule has 0 spiro atoms. The molecule has 2 rings (SSSR count). The Labute approximate surface area is 108 Å². The van der Waals surface area contributed by atoms with Gasteiger partial charge in [-0.05, 0) is 24.3 Å². The molecule has 0 radical (unpaired) electrons. The molecule has 0 aliphatic heterocycles. The van der Waals surface area contributed by atoms with E-state index in [1.54, 1.807) is 12.1 Å². The first kappa shape index (κ1) is 14.2. The van der Waals surface area contributed by atoms with E-state index < -0.39 is 5.97 Å². The molecule has 0 aromatic heterocycles. The van der Waals surface area contributed by atoms with E-state index >= 15 is 0 Å². The number of phenolic OH excluding ortho intramolecular Hbond substituents is 3. The number of aromatic hydroxyl groups is 4. The lowest BCUT2D eigenvalue weighted by Crippen LogP contribution is -1.95. The van der Waals surface area contributed by atoms with Crippen molar-refractivity contribution >= 4 is 5.97 Å². The first-order valence-corrected chi connectivity index (χ1v) is 5.14. The standard InChI is InChI=1S/C7H6O3.C6H6O3/c8-6-4-2-1-3-5(6)7(9)10;7-4-1-2-5(8)6(9)3-4/h1-4,8H,(H,9,10);1-3,7-9H. The van der Waals surface area contributed by atoms with Crippen LogP contribution < -0.4 is 0 Å². The van der Waals surface area contributed by atoms with Crippen molar-refractivity contribution in [3.63, 3.8) is 0 Å². The lowest BCUT2D eigenvalue weighted by molar-refractivity contribution is 0.0693. The van der Waals surface area contributed by atoms with Crippen LogP contribution >= 0.6 is 0 Å². The average molecular weight is 264 g/mol. The Morgan fingerprint density at radius 2 is 1.42 bits per heavy atom. The molecular formula is C13H12O6. The van der Waals surface area contributed by atoms with Crippen LogP contribution in [0.2, 0.25) is 0 Å². The highest BCUT2D eigenvalue weighted by Crippen LogP contribution is 2.27. The highest BCUT2D eigenvalue weighted by atomic mass is 16.4. The Morgan fingerprint density at radius 1 is 0.789 bits per heavy atom. The Bertz CT molecular complexity index is 579. The van der Waals surface area contributed by atoms with Crippen molar-refractivity contribution in [3.05, 3.63) is 48.0 Å². The number of hydrogen-bond donors (Lipinski definition) is 5. The molecule has 2 aromatic rings. The highest BCUT2D eigenvalue weighted by Gasteiger charge is 2.05. The van der Waals surface area contributed by atoms with Gasteiger partial charge in [-0.1, -0.05) is 12.1 Å². The molecule has 0 saturated heterocycles. The molecule has 5 N–H and O–H groups in total. The first-order valence-electron chi connectivity index (χ1n) is 5.14. The van der Waals surface area contributed by atoms with E-state index in [1.807, 2.05) is 0 Å². The van der Waals surface area contributed by atoms with Crippen molar-refractivity contribution in [2.24, 2.45) is 0 Å². The zero-order valence-electron chi connectivity index (χ0n) is 9.69. The Balaban J connectivity index is 0.000000191. The Kier molecular flexibility index (Phi) is 4.59. The molecule has 100 valence electrons. The summed E-state index contributed by atoms with van der Waals surface area (Å²) in [6.45, 7) is 0. The number of aromatic carboxylic acids is 1. The minimum absolute atomic E-state index is 0.0645. The van der Waals surface area contributed by atoms with E-state index in [1.165, 1.54) is 24.3 Å². The maximum Gasteiger partial charge on any atom is 0.339 e. The van der Waals surface area contributed by atoms with Gasteiger partial charge in [-0.15, -0.1) is 0 Å². The van der Waals surface area contributed by atoms with Crippen LogP contribution in [0.4, 0.5) is 0 Å². The third-order valence-corrected chi connectivity index (χ3v) is 2.09. The van der Waals surface area contributed by atoms with E-state index in [4.69, 9.17) is 25.5 Å². The van der Waals surface area contributed by atoms with Gasteiger partial charge in [0.2, 0.25) is 0 Å². The summed E-state index contributed by atoms with van der Waals surface area (Å²) in [5.74, 6) is -1.92. The van der Waals surface area contributed by atoms with Crippen LogP contribution in [0.1, 0.15) is 10.4 Å². The number of carboxylic acid groups (broad SMARTS) is 1. The maximum atomic E-state index is 10.3. The summed E-state index contributed by atoms with van der Waals surface area (Å²) in [5, 5.41) is 43.3. The molecule has 6 nitrogen and oxygen atoms in total. The fraction of sp³-hybridized carbons (Fsp3) is 0. The molecule has 0 amide bonds. The van der Waals surface area contributed by atoms with Crippen molar-refractivity contribution in [1.29, 1.82) is 0 Å². The van der Waals surface area contributed by atoms with Crippen molar-refractivity contribution < 1.29 is 30.3 Å². The van der Waals surface area contributed by atoms with Crippen LogP contribution in [0.15, 0.2) is 42.5 Å². The fourth-order valence-corrected chi connectivity index (χ4v) is 1.17. The van der Waals surface area contributed by atoms with Gasteiger partial charge in [0.05, 0.1) is 0 Å². The summed E-state index contributed by atoms with van der Waals surface area (Å²) in [5.41, 5.74) is -0.0671. The minimum Gasteiger partial charge on any atom is -0.508 e. The molecule has 0 saturated carbocycles. The summed E-state index contributed by atoms with van der Waals surface area (Å²) >= 11 is 0. The molecule has 2 aromatic carbocycles. The lowest BCUT2D eigenvalue weighted by atomic mass is 10.2. The van der Waals surface area contributed by atoms with Crippen molar-refractivity contribution in [2.75, 3.05) is 0 Å². The van der Waals surface area contributed by atoms with E-state index in [-0.39, 0.29) is 28.6 Å². The van der Waals surface area contributed by atoms with E-state index in [2.05, 4.69) is 0 Å². The zero-order chi connectivity index (χ0) is 14.4.